The molecule has 0 aromatic carbocycles. The van der Waals surface area contributed by atoms with Gasteiger partial charge in [0.05, 0.1) is 12.1 Å². The van der Waals surface area contributed by atoms with Crippen molar-refractivity contribution in [1.82, 2.24) is 5.32 Å². The smallest absolute Gasteiger partial charge is 0.253 e. The molecule has 2 atom stereocenters. The van der Waals surface area contributed by atoms with Crippen molar-refractivity contribution in [3.63, 3.8) is 0 Å². The van der Waals surface area contributed by atoms with Gasteiger partial charge in [-0.1, -0.05) is 20.8 Å². The molecule has 0 aliphatic heterocycles. The Morgan fingerprint density at radius 2 is 1.79 bits per heavy atom. The van der Waals surface area contributed by atoms with E-state index in [0.29, 0.717) is 6.42 Å². The Kier molecular flexibility index (Phi) is 5.52. The van der Waals surface area contributed by atoms with Crippen LogP contribution in [0.15, 0.2) is 0 Å². The maximum absolute atomic E-state index is 12.1. The Labute approximate surface area is 84.7 Å². The lowest BCUT2D eigenvalue weighted by Gasteiger charge is -2.23. The molecule has 0 heterocycles. The monoisotopic (exact) mass is 209 g/mol. The number of halogens is 2. The minimum absolute atomic E-state index is 0.0230. The zero-order chi connectivity index (χ0) is 11.4. The zero-order valence-corrected chi connectivity index (χ0v) is 9.35. The van der Waals surface area contributed by atoms with E-state index in [4.69, 9.17) is 0 Å². The zero-order valence-electron chi connectivity index (χ0n) is 9.35. The van der Waals surface area contributed by atoms with E-state index in [1.165, 1.54) is 6.92 Å². The van der Waals surface area contributed by atoms with Crippen LogP contribution in [0.3, 0.4) is 0 Å². The lowest BCUT2D eigenvalue weighted by Crippen LogP contribution is -2.39. The largest absolute Gasteiger partial charge is 0.392 e. The van der Waals surface area contributed by atoms with Crippen LogP contribution in [0.1, 0.15) is 34.1 Å². The Bertz CT molecular complexity index is 157. The van der Waals surface area contributed by atoms with Crippen molar-refractivity contribution < 1.29 is 13.9 Å². The number of rotatable bonds is 5. The van der Waals surface area contributed by atoms with Crippen LogP contribution in [-0.4, -0.2) is 30.2 Å². The van der Waals surface area contributed by atoms with Crippen LogP contribution < -0.4 is 5.32 Å². The molecule has 2 N–H and O–H groups in total. The minimum Gasteiger partial charge on any atom is -0.392 e. The topological polar surface area (TPSA) is 32.3 Å². The van der Waals surface area contributed by atoms with Crippen LogP contribution in [0.4, 0.5) is 8.78 Å². The molecule has 0 fully saturated rings. The first kappa shape index (κ1) is 13.8. The van der Waals surface area contributed by atoms with Crippen molar-refractivity contribution >= 4 is 0 Å². The second-order valence-electron chi connectivity index (χ2n) is 4.95. The van der Waals surface area contributed by atoms with Gasteiger partial charge in [0.15, 0.2) is 0 Å². The van der Waals surface area contributed by atoms with Crippen LogP contribution in [0, 0.1) is 5.41 Å². The fourth-order valence-electron chi connectivity index (χ4n) is 1.19. The van der Waals surface area contributed by atoms with Gasteiger partial charge < -0.3 is 10.4 Å². The highest BCUT2D eigenvalue weighted by Crippen LogP contribution is 2.20. The van der Waals surface area contributed by atoms with Crippen molar-refractivity contribution in [3.05, 3.63) is 0 Å². The van der Waals surface area contributed by atoms with E-state index in [0.717, 1.165) is 0 Å². The minimum atomic E-state index is -2.38. The molecule has 2 unspecified atom stereocenters. The Balaban J connectivity index is 3.69. The van der Waals surface area contributed by atoms with Crippen molar-refractivity contribution in [2.45, 2.75) is 52.7 Å². The highest BCUT2D eigenvalue weighted by atomic mass is 19.3. The highest BCUT2D eigenvalue weighted by molar-refractivity contribution is 4.72. The number of aliphatic hydroxyl groups is 1. The number of nitrogens with one attached hydrogen (secondary N) is 1. The van der Waals surface area contributed by atoms with E-state index < -0.39 is 18.6 Å². The molecule has 0 aromatic rings. The van der Waals surface area contributed by atoms with E-state index in [1.54, 1.807) is 0 Å². The van der Waals surface area contributed by atoms with E-state index in [-0.39, 0.29) is 12.0 Å². The Morgan fingerprint density at radius 3 is 2.14 bits per heavy atom. The molecule has 2 nitrogen and oxygen atoms in total. The second-order valence-corrected chi connectivity index (χ2v) is 4.95. The highest BCUT2D eigenvalue weighted by Gasteiger charge is 2.19. The van der Waals surface area contributed by atoms with Crippen LogP contribution >= 0.6 is 0 Å². The summed E-state index contributed by atoms with van der Waals surface area (Å²) in [5.41, 5.74) is 0.0230. The maximum Gasteiger partial charge on any atom is 0.253 e. The normalized spacial score (nSPS) is 17.1. The summed E-state index contributed by atoms with van der Waals surface area (Å²) in [5.74, 6) is 0. The average molecular weight is 209 g/mol. The van der Waals surface area contributed by atoms with Gasteiger partial charge in [0.2, 0.25) is 0 Å². The van der Waals surface area contributed by atoms with Gasteiger partial charge >= 0.3 is 0 Å². The lowest BCUT2D eigenvalue weighted by atomic mass is 9.89. The molecular weight excluding hydrogens is 188 g/mol. The van der Waals surface area contributed by atoms with E-state index >= 15 is 0 Å². The van der Waals surface area contributed by atoms with E-state index in [2.05, 4.69) is 5.32 Å². The number of hydrogen-bond acceptors (Lipinski definition) is 2. The predicted molar refractivity (Wildman–Crippen MR) is 53.5 cm³/mol. The van der Waals surface area contributed by atoms with Crippen molar-refractivity contribution in [3.8, 4) is 0 Å². The van der Waals surface area contributed by atoms with Gasteiger partial charge in [0, 0.05) is 6.54 Å². The van der Waals surface area contributed by atoms with Crippen molar-refractivity contribution in [2.75, 3.05) is 6.54 Å². The van der Waals surface area contributed by atoms with Crippen LogP contribution in [0.2, 0.25) is 0 Å². The molecule has 0 spiro atoms. The first-order valence-electron chi connectivity index (χ1n) is 4.92. The second kappa shape index (κ2) is 5.61. The third kappa shape index (κ3) is 7.21. The van der Waals surface area contributed by atoms with Crippen molar-refractivity contribution in [2.24, 2.45) is 5.41 Å². The molecule has 0 saturated heterocycles. The quantitative estimate of drug-likeness (QED) is 0.726. The molecule has 0 rings (SSSR count). The summed E-state index contributed by atoms with van der Waals surface area (Å²) in [7, 11) is 0. The average Bonchev–Trinajstić information content (AvgIpc) is 1.96. The lowest BCUT2D eigenvalue weighted by molar-refractivity contribution is 0.0813. The Hall–Kier alpha value is -0.220. The molecule has 0 amide bonds. The van der Waals surface area contributed by atoms with Crippen LogP contribution in [0.25, 0.3) is 0 Å². The summed E-state index contributed by atoms with van der Waals surface area (Å²) in [4.78, 5) is 0. The Morgan fingerprint density at radius 1 is 1.29 bits per heavy atom. The number of alkyl halides is 2. The molecule has 0 aromatic heterocycles. The third-order valence-corrected chi connectivity index (χ3v) is 1.90. The van der Waals surface area contributed by atoms with Gasteiger partial charge in [0.25, 0.3) is 6.43 Å². The first-order valence-corrected chi connectivity index (χ1v) is 4.92. The summed E-state index contributed by atoms with van der Waals surface area (Å²) >= 11 is 0. The van der Waals surface area contributed by atoms with E-state index in [9.17, 15) is 13.9 Å². The van der Waals surface area contributed by atoms with Gasteiger partial charge in [-0.05, 0) is 18.8 Å². The van der Waals surface area contributed by atoms with Gasteiger partial charge in [-0.15, -0.1) is 0 Å². The third-order valence-electron chi connectivity index (χ3n) is 1.90. The molecule has 0 aliphatic carbocycles. The molecule has 0 aliphatic rings. The molecule has 0 saturated carbocycles. The standard InChI is InChI=1S/C10H21F2NO/c1-7(9(11)12)13-6-8(14)5-10(2,3)4/h7-9,13-14H,5-6H2,1-4H3. The fraction of sp³-hybridized carbons (Fsp3) is 1.00. The molecule has 4 heteroatoms. The molecule has 0 bridgehead atoms. The fourth-order valence-corrected chi connectivity index (χ4v) is 1.19. The summed E-state index contributed by atoms with van der Waals surface area (Å²) in [6.07, 6.45) is -2.33. The van der Waals surface area contributed by atoms with E-state index in [1.807, 2.05) is 20.8 Å². The maximum atomic E-state index is 12.1. The predicted octanol–water partition coefficient (Wildman–Crippen LogP) is 2.03. The number of aliphatic hydroxyl groups excluding tert-OH is 1. The molecule has 86 valence electrons. The number of hydrogen-bond donors (Lipinski definition) is 2. The first-order chi connectivity index (χ1) is 6.22. The molecule has 0 radical (unpaired) electrons. The van der Waals surface area contributed by atoms with Gasteiger partial charge in [-0.2, -0.15) is 0 Å². The van der Waals surface area contributed by atoms with Gasteiger partial charge in [-0.25, -0.2) is 8.78 Å². The van der Waals surface area contributed by atoms with Crippen LogP contribution in [-0.2, 0) is 0 Å². The molecule has 14 heavy (non-hydrogen) atoms. The van der Waals surface area contributed by atoms with Gasteiger partial charge in [-0.3, -0.25) is 0 Å². The molecular formula is C10H21F2NO. The summed E-state index contributed by atoms with van der Waals surface area (Å²) in [6.45, 7) is 7.66. The SMILES string of the molecule is CC(NCC(O)CC(C)(C)C)C(F)F. The summed E-state index contributed by atoms with van der Waals surface area (Å²) in [5, 5.41) is 12.1. The van der Waals surface area contributed by atoms with Crippen LogP contribution in [0.5, 0.6) is 0 Å². The summed E-state index contributed by atoms with van der Waals surface area (Å²) < 4.78 is 24.1. The van der Waals surface area contributed by atoms with Crippen molar-refractivity contribution in [1.29, 1.82) is 0 Å². The van der Waals surface area contributed by atoms with Gasteiger partial charge in [0.1, 0.15) is 0 Å². The summed E-state index contributed by atoms with van der Waals surface area (Å²) in [6, 6.07) is -0.857.